The number of hydrogen-bond acceptors (Lipinski definition) is 3. The second-order valence-electron chi connectivity index (χ2n) is 6.95. The Hall–Kier alpha value is -1.06. The quantitative estimate of drug-likeness (QED) is 0.721. The maximum Gasteiger partial charge on any atom is 0.123 e. The van der Waals surface area contributed by atoms with E-state index in [1.54, 1.807) is 0 Å². The van der Waals surface area contributed by atoms with Gasteiger partial charge in [-0.2, -0.15) is 0 Å². The Morgan fingerprint density at radius 2 is 1.81 bits per heavy atom. The zero-order chi connectivity index (χ0) is 15.9. The normalized spacial score (nSPS) is 14.8. The van der Waals surface area contributed by atoms with E-state index in [-0.39, 0.29) is 17.6 Å². The second-order valence-corrected chi connectivity index (χ2v) is 6.95. The first-order chi connectivity index (χ1) is 9.82. The largest absolute Gasteiger partial charge is 0.493 e. The number of para-hydroxylation sites is 1. The Kier molecular flexibility index (Phi) is 6.69. The van der Waals surface area contributed by atoms with Crippen molar-refractivity contribution in [2.75, 3.05) is 19.8 Å². The molecule has 0 heterocycles. The molecule has 1 aromatic carbocycles. The van der Waals surface area contributed by atoms with E-state index < -0.39 is 0 Å². The van der Waals surface area contributed by atoms with Crippen LogP contribution in [0.2, 0.25) is 0 Å². The predicted octanol–water partition coefficient (Wildman–Crippen LogP) is 3.50. The summed E-state index contributed by atoms with van der Waals surface area (Å²) in [7, 11) is 0. The summed E-state index contributed by atoms with van der Waals surface area (Å²) in [4.78, 5) is 0. The van der Waals surface area contributed by atoms with E-state index in [2.05, 4.69) is 52.1 Å². The van der Waals surface area contributed by atoms with Crippen LogP contribution in [0.3, 0.4) is 0 Å². The van der Waals surface area contributed by atoms with Crippen LogP contribution in [0.15, 0.2) is 24.3 Å². The zero-order valence-corrected chi connectivity index (χ0v) is 14.2. The van der Waals surface area contributed by atoms with Crippen molar-refractivity contribution in [1.82, 2.24) is 5.32 Å². The number of rotatable bonds is 8. The number of aliphatic hydroxyl groups is 1. The topological polar surface area (TPSA) is 41.5 Å². The molecule has 0 radical (unpaired) electrons. The molecule has 1 unspecified atom stereocenters. The fraction of sp³-hybridized carbons (Fsp3) is 0.667. The van der Waals surface area contributed by atoms with Gasteiger partial charge in [-0.15, -0.1) is 0 Å². The molecular weight excluding hydrogens is 262 g/mol. The van der Waals surface area contributed by atoms with Crippen molar-refractivity contribution < 1.29 is 9.84 Å². The molecule has 0 aromatic heterocycles. The van der Waals surface area contributed by atoms with Crippen molar-refractivity contribution in [2.45, 2.75) is 58.4 Å². The van der Waals surface area contributed by atoms with Crippen molar-refractivity contribution in [1.29, 1.82) is 0 Å². The SMILES string of the molecule is CCNC(C)(CO)CCCOc1ccccc1C(C)(C)C. The molecule has 0 fully saturated rings. The summed E-state index contributed by atoms with van der Waals surface area (Å²) in [5, 5.41) is 12.8. The molecule has 1 rings (SSSR count). The third-order valence-corrected chi connectivity index (χ3v) is 3.78. The molecule has 3 heteroatoms. The van der Waals surface area contributed by atoms with E-state index in [1.807, 2.05) is 12.1 Å². The molecule has 0 bridgehead atoms. The summed E-state index contributed by atoms with van der Waals surface area (Å²) >= 11 is 0. The van der Waals surface area contributed by atoms with E-state index >= 15 is 0 Å². The summed E-state index contributed by atoms with van der Waals surface area (Å²) in [6.45, 7) is 12.4. The Labute approximate surface area is 129 Å². The zero-order valence-electron chi connectivity index (χ0n) is 14.2. The van der Waals surface area contributed by atoms with Crippen molar-refractivity contribution in [3.05, 3.63) is 29.8 Å². The highest BCUT2D eigenvalue weighted by atomic mass is 16.5. The fourth-order valence-corrected chi connectivity index (χ4v) is 2.51. The minimum absolute atomic E-state index is 0.0833. The summed E-state index contributed by atoms with van der Waals surface area (Å²) < 4.78 is 5.97. The van der Waals surface area contributed by atoms with E-state index in [1.165, 1.54) is 5.56 Å². The van der Waals surface area contributed by atoms with Crippen LogP contribution in [0, 0.1) is 0 Å². The predicted molar refractivity (Wildman–Crippen MR) is 89.0 cm³/mol. The summed E-state index contributed by atoms with van der Waals surface area (Å²) in [6.07, 6.45) is 1.82. The molecular formula is C18H31NO2. The highest BCUT2D eigenvalue weighted by molar-refractivity contribution is 5.38. The van der Waals surface area contributed by atoms with Gasteiger partial charge in [0.05, 0.1) is 13.2 Å². The molecule has 0 amide bonds. The van der Waals surface area contributed by atoms with Crippen molar-refractivity contribution >= 4 is 0 Å². The van der Waals surface area contributed by atoms with Gasteiger partial charge in [0.25, 0.3) is 0 Å². The van der Waals surface area contributed by atoms with Gasteiger partial charge in [0.15, 0.2) is 0 Å². The fourth-order valence-electron chi connectivity index (χ4n) is 2.51. The van der Waals surface area contributed by atoms with Crippen molar-refractivity contribution in [3.8, 4) is 5.75 Å². The second kappa shape index (κ2) is 7.81. The highest BCUT2D eigenvalue weighted by Crippen LogP contribution is 2.31. The van der Waals surface area contributed by atoms with E-state index in [0.717, 1.165) is 25.1 Å². The Bertz CT molecular complexity index is 425. The van der Waals surface area contributed by atoms with Gasteiger partial charge in [0, 0.05) is 5.54 Å². The average Bonchev–Trinajstić information content (AvgIpc) is 2.43. The van der Waals surface area contributed by atoms with Crippen LogP contribution < -0.4 is 10.1 Å². The van der Waals surface area contributed by atoms with Gasteiger partial charge in [-0.25, -0.2) is 0 Å². The first-order valence-electron chi connectivity index (χ1n) is 7.90. The smallest absolute Gasteiger partial charge is 0.123 e. The minimum Gasteiger partial charge on any atom is -0.493 e. The molecule has 0 saturated heterocycles. The van der Waals surface area contributed by atoms with Crippen LogP contribution in [0.25, 0.3) is 0 Å². The van der Waals surface area contributed by atoms with E-state index in [0.29, 0.717) is 6.61 Å². The van der Waals surface area contributed by atoms with Gasteiger partial charge in [-0.1, -0.05) is 45.9 Å². The maximum absolute atomic E-state index is 9.48. The number of benzene rings is 1. The Morgan fingerprint density at radius 1 is 1.14 bits per heavy atom. The summed E-state index contributed by atoms with van der Waals surface area (Å²) in [6, 6.07) is 8.24. The van der Waals surface area contributed by atoms with Gasteiger partial charge in [0.2, 0.25) is 0 Å². The molecule has 120 valence electrons. The first kappa shape index (κ1) is 18.0. The monoisotopic (exact) mass is 293 g/mol. The van der Waals surface area contributed by atoms with Gasteiger partial charge in [0.1, 0.15) is 5.75 Å². The van der Waals surface area contributed by atoms with Crippen LogP contribution in [-0.4, -0.2) is 30.4 Å². The minimum atomic E-state index is -0.207. The first-order valence-corrected chi connectivity index (χ1v) is 7.90. The van der Waals surface area contributed by atoms with Crippen LogP contribution >= 0.6 is 0 Å². The number of aliphatic hydroxyl groups excluding tert-OH is 1. The summed E-state index contributed by atoms with van der Waals surface area (Å²) in [5.74, 6) is 0.971. The van der Waals surface area contributed by atoms with Gasteiger partial charge < -0.3 is 15.2 Å². The lowest BCUT2D eigenvalue weighted by atomic mass is 9.86. The molecule has 21 heavy (non-hydrogen) atoms. The number of likely N-dealkylation sites (N-methyl/N-ethyl adjacent to an activating group) is 1. The molecule has 1 aromatic rings. The van der Waals surface area contributed by atoms with Gasteiger partial charge >= 0.3 is 0 Å². The number of nitrogens with one attached hydrogen (secondary N) is 1. The van der Waals surface area contributed by atoms with Crippen LogP contribution in [0.5, 0.6) is 5.75 Å². The number of ether oxygens (including phenoxy) is 1. The molecule has 0 aliphatic carbocycles. The van der Waals surface area contributed by atoms with Crippen LogP contribution in [0.4, 0.5) is 0 Å². The van der Waals surface area contributed by atoms with Crippen LogP contribution in [-0.2, 0) is 5.41 Å². The third-order valence-electron chi connectivity index (χ3n) is 3.78. The lowest BCUT2D eigenvalue weighted by Gasteiger charge is -2.28. The average molecular weight is 293 g/mol. The van der Waals surface area contributed by atoms with E-state index in [4.69, 9.17) is 4.74 Å². The Morgan fingerprint density at radius 3 is 2.38 bits per heavy atom. The van der Waals surface area contributed by atoms with Gasteiger partial charge in [-0.05, 0) is 43.4 Å². The molecule has 3 nitrogen and oxygen atoms in total. The lowest BCUT2D eigenvalue weighted by molar-refractivity contribution is 0.157. The number of hydrogen-bond donors (Lipinski definition) is 2. The molecule has 0 aliphatic rings. The standard InChI is InChI=1S/C18H31NO2/c1-6-19-18(5,14-20)12-9-13-21-16-11-8-7-10-15(16)17(2,3)4/h7-8,10-11,19-20H,6,9,12-14H2,1-5H3. The molecule has 0 aliphatic heterocycles. The Balaban J connectivity index is 2.54. The molecule has 0 spiro atoms. The third kappa shape index (κ3) is 5.68. The highest BCUT2D eigenvalue weighted by Gasteiger charge is 2.22. The molecule has 2 N–H and O–H groups in total. The summed E-state index contributed by atoms with van der Waals surface area (Å²) in [5.41, 5.74) is 1.11. The molecule has 0 saturated carbocycles. The van der Waals surface area contributed by atoms with Crippen LogP contribution in [0.1, 0.15) is 53.0 Å². The van der Waals surface area contributed by atoms with Crippen molar-refractivity contribution in [3.63, 3.8) is 0 Å². The van der Waals surface area contributed by atoms with Crippen molar-refractivity contribution in [2.24, 2.45) is 0 Å². The van der Waals surface area contributed by atoms with E-state index in [9.17, 15) is 5.11 Å². The lowest BCUT2D eigenvalue weighted by Crippen LogP contribution is -2.45. The van der Waals surface area contributed by atoms with Gasteiger partial charge in [-0.3, -0.25) is 0 Å². The molecule has 1 atom stereocenters. The maximum atomic E-state index is 9.48.